The molecule has 4 heterocycles. The second kappa shape index (κ2) is 7.29. The van der Waals surface area contributed by atoms with Gasteiger partial charge < -0.3 is 14.5 Å². The second-order valence-corrected chi connectivity index (χ2v) is 6.78. The number of fused-ring (bicyclic) bond motifs is 1. The SMILES string of the molecule is COc1ccc(CN2CCN3C(=O)N(Cc4ccccn4)C[C@H]3C2)cn1. The molecule has 0 aliphatic carbocycles. The minimum absolute atomic E-state index is 0.131. The molecule has 0 N–H and O–H groups in total. The van der Waals surface area contributed by atoms with Crippen molar-refractivity contribution in [2.24, 2.45) is 0 Å². The van der Waals surface area contributed by atoms with Crippen molar-refractivity contribution in [3.05, 3.63) is 54.0 Å². The molecule has 0 spiro atoms. The fourth-order valence-electron chi connectivity index (χ4n) is 3.69. The Kier molecular flexibility index (Phi) is 4.71. The lowest BCUT2D eigenvalue weighted by Crippen LogP contribution is -2.51. The molecule has 0 saturated carbocycles. The van der Waals surface area contributed by atoms with Gasteiger partial charge in [-0.3, -0.25) is 9.88 Å². The molecule has 7 nitrogen and oxygen atoms in total. The number of methoxy groups -OCH3 is 1. The number of urea groups is 1. The van der Waals surface area contributed by atoms with E-state index < -0.39 is 0 Å². The zero-order valence-corrected chi connectivity index (χ0v) is 14.9. The molecule has 7 heteroatoms. The van der Waals surface area contributed by atoms with Crippen LogP contribution in [0.15, 0.2) is 42.7 Å². The van der Waals surface area contributed by atoms with E-state index in [1.807, 2.05) is 46.3 Å². The molecule has 2 aromatic rings. The van der Waals surface area contributed by atoms with E-state index in [2.05, 4.69) is 14.9 Å². The summed E-state index contributed by atoms with van der Waals surface area (Å²) in [6, 6.07) is 10.1. The maximum absolute atomic E-state index is 12.7. The van der Waals surface area contributed by atoms with Gasteiger partial charge in [-0.05, 0) is 17.7 Å². The summed E-state index contributed by atoms with van der Waals surface area (Å²) < 4.78 is 5.11. The average molecular weight is 353 g/mol. The van der Waals surface area contributed by atoms with Crippen molar-refractivity contribution in [2.75, 3.05) is 33.3 Å². The molecule has 2 amide bonds. The molecule has 0 unspecified atom stereocenters. The molecule has 0 radical (unpaired) electrons. The van der Waals surface area contributed by atoms with Gasteiger partial charge in [0, 0.05) is 51.2 Å². The van der Waals surface area contributed by atoms with Crippen LogP contribution in [0.5, 0.6) is 5.88 Å². The van der Waals surface area contributed by atoms with Gasteiger partial charge in [0.1, 0.15) is 0 Å². The largest absolute Gasteiger partial charge is 0.481 e. The summed E-state index contributed by atoms with van der Waals surface area (Å²) in [5, 5.41) is 0. The van der Waals surface area contributed by atoms with Gasteiger partial charge in [0.25, 0.3) is 0 Å². The van der Waals surface area contributed by atoms with E-state index in [1.54, 1.807) is 13.3 Å². The lowest BCUT2D eigenvalue weighted by atomic mass is 10.1. The quantitative estimate of drug-likeness (QED) is 0.817. The second-order valence-electron chi connectivity index (χ2n) is 6.78. The Hall–Kier alpha value is -2.67. The van der Waals surface area contributed by atoms with E-state index in [1.165, 1.54) is 0 Å². The summed E-state index contributed by atoms with van der Waals surface area (Å²) >= 11 is 0. The third-order valence-electron chi connectivity index (χ3n) is 5.01. The summed E-state index contributed by atoms with van der Waals surface area (Å²) in [5.74, 6) is 0.630. The number of amides is 2. The van der Waals surface area contributed by atoms with Gasteiger partial charge in [-0.2, -0.15) is 0 Å². The number of ether oxygens (including phenoxy) is 1. The molecule has 2 saturated heterocycles. The van der Waals surface area contributed by atoms with E-state index in [0.717, 1.165) is 44.0 Å². The Morgan fingerprint density at radius 2 is 2.04 bits per heavy atom. The van der Waals surface area contributed by atoms with Crippen LogP contribution in [0.1, 0.15) is 11.3 Å². The van der Waals surface area contributed by atoms with Crippen LogP contribution >= 0.6 is 0 Å². The standard InChI is InChI=1S/C19H23N5O2/c1-26-18-6-5-15(10-21-18)11-22-8-9-24-17(13-22)14-23(19(24)25)12-16-4-2-3-7-20-16/h2-7,10,17H,8-9,11-14H2,1H3/t17-/m1/s1. The molecule has 1 atom stereocenters. The molecule has 0 aromatic carbocycles. The molecular weight excluding hydrogens is 330 g/mol. The minimum atomic E-state index is 0.131. The summed E-state index contributed by atoms with van der Waals surface area (Å²) in [7, 11) is 1.62. The molecule has 2 aliphatic rings. The normalized spacial score (nSPS) is 20.3. The highest BCUT2D eigenvalue weighted by Crippen LogP contribution is 2.23. The molecule has 2 aliphatic heterocycles. The summed E-state index contributed by atoms with van der Waals surface area (Å²) in [4.78, 5) is 27.6. The number of carbonyl (C=O) groups is 1. The number of carbonyl (C=O) groups excluding carboxylic acids is 1. The van der Waals surface area contributed by atoms with E-state index >= 15 is 0 Å². The lowest BCUT2D eigenvalue weighted by molar-refractivity contribution is 0.116. The zero-order chi connectivity index (χ0) is 17.9. The first-order valence-electron chi connectivity index (χ1n) is 8.89. The van der Waals surface area contributed by atoms with Crippen molar-refractivity contribution < 1.29 is 9.53 Å². The van der Waals surface area contributed by atoms with Gasteiger partial charge in [-0.25, -0.2) is 9.78 Å². The molecule has 136 valence electrons. The van der Waals surface area contributed by atoms with E-state index in [-0.39, 0.29) is 12.1 Å². The Morgan fingerprint density at radius 1 is 1.12 bits per heavy atom. The smallest absolute Gasteiger partial charge is 0.320 e. The monoisotopic (exact) mass is 353 g/mol. The number of aromatic nitrogens is 2. The van der Waals surface area contributed by atoms with Crippen LogP contribution in [0, 0.1) is 0 Å². The van der Waals surface area contributed by atoms with Gasteiger partial charge in [0.05, 0.1) is 25.4 Å². The first kappa shape index (κ1) is 16.8. The third-order valence-corrected chi connectivity index (χ3v) is 5.01. The Bertz CT molecular complexity index is 752. The highest BCUT2D eigenvalue weighted by molar-refractivity contribution is 5.77. The number of hydrogen-bond acceptors (Lipinski definition) is 5. The predicted molar refractivity (Wildman–Crippen MR) is 96.6 cm³/mol. The first-order chi connectivity index (χ1) is 12.7. The van der Waals surface area contributed by atoms with Gasteiger partial charge >= 0.3 is 6.03 Å². The van der Waals surface area contributed by atoms with Gasteiger partial charge in [0.15, 0.2) is 0 Å². The van der Waals surface area contributed by atoms with Crippen LogP contribution in [0.25, 0.3) is 0 Å². The number of rotatable bonds is 5. The molecule has 2 fully saturated rings. The number of hydrogen-bond donors (Lipinski definition) is 0. The third kappa shape index (κ3) is 3.48. The van der Waals surface area contributed by atoms with Gasteiger partial charge in [-0.1, -0.05) is 12.1 Å². The molecule has 2 aromatic heterocycles. The predicted octanol–water partition coefficient (Wildman–Crippen LogP) is 1.61. The van der Waals surface area contributed by atoms with Crippen molar-refractivity contribution >= 4 is 6.03 Å². The van der Waals surface area contributed by atoms with Crippen LogP contribution in [0.4, 0.5) is 4.79 Å². The number of pyridine rings is 2. The van der Waals surface area contributed by atoms with Crippen molar-refractivity contribution in [2.45, 2.75) is 19.1 Å². The highest BCUT2D eigenvalue weighted by Gasteiger charge is 2.40. The van der Waals surface area contributed by atoms with Gasteiger partial charge in [0.2, 0.25) is 5.88 Å². The average Bonchev–Trinajstić information content (AvgIpc) is 2.98. The Labute approximate surface area is 153 Å². The van der Waals surface area contributed by atoms with Crippen molar-refractivity contribution in [3.63, 3.8) is 0 Å². The Morgan fingerprint density at radius 3 is 2.77 bits per heavy atom. The fraction of sp³-hybridized carbons (Fsp3) is 0.421. The first-order valence-corrected chi connectivity index (χ1v) is 8.89. The van der Waals surface area contributed by atoms with Crippen LogP contribution in [0.3, 0.4) is 0 Å². The van der Waals surface area contributed by atoms with Crippen molar-refractivity contribution in [1.82, 2.24) is 24.7 Å². The van der Waals surface area contributed by atoms with Crippen LogP contribution in [-0.4, -0.2) is 70.0 Å². The van der Waals surface area contributed by atoms with Crippen LogP contribution in [0.2, 0.25) is 0 Å². The number of nitrogens with zero attached hydrogens (tertiary/aromatic N) is 5. The number of piperazine rings is 1. The lowest BCUT2D eigenvalue weighted by Gasteiger charge is -2.36. The van der Waals surface area contributed by atoms with Crippen LogP contribution in [-0.2, 0) is 13.1 Å². The zero-order valence-electron chi connectivity index (χ0n) is 14.9. The molecule has 4 rings (SSSR count). The van der Waals surface area contributed by atoms with E-state index in [0.29, 0.717) is 12.4 Å². The minimum Gasteiger partial charge on any atom is -0.481 e. The van der Waals surface area contributed by atoms with E-state index in [4.69, 9.17) is 4.74 Å². The topological polar surface area (TPSA) is 61.8 Å². The fourth-order valence-corrected chi connectivity index (χ4v) is 3.69. The van der Waals surface area contributed by atoms with E-state index in [9.17, 15) is 4.79 Å². The molecule has 0 bridgehead atoms. The maximum Gasteiger partial charge on any atom is 0.320 e. The summed E-state index contributed by atoms with van der Waals surface area (Å²) in [6.45, 7) is 4.71. The van der Waals surface area contributed by atoms with Crippen molar-refractivity contribution in [1.29, 1.82) is 0 Å². The highest BCUT2D eigenvalue weighted by atomic mass is 16.5. The van der Waals surface area contributed by atoms with Crippen molar-refractivity contribution in [3.8, 4) is 5.88 Å². The molecule has 26 heavy (non-hydrogen) atoms. The molecular formula is C19H23N5O2. The summed E-state index contributed by atoms with van der Waals surface area (Å²) in [5.41, 5.74) is 2.09. The van der Waals surface area contributed by atoms with Gasteiger partial charge in [-0.15, -0.1) is 0 Å². The van der Waals surface area contributed by atoms with Crippen LogP contribution < -0.4 is 4.74 Å². The Balaban J connectivity index is 1.37. The summed E-state index contributed by atoms with van der Waals surface area (Å²) in [6.07, 6.45) is 3.63. The maximum atomic E-state index is 12.7.